The molecule has 2 unspecified atom stereocenters. The molecule has 1 aromatic rings. The van der Waals surface area contributed by atoms with Crippen molar-refractivity contribution in [2.24, 2.45) is 5.73 Å². The molecule has 0 spiro atoms. The van der Waals surface area contributed by atoms with Crippen LogP contribution in [0.15, 0.2) is 0 Å². The van der Waals surface area contributed by atoms with Crippen LogP contribution in [0.5, 0.6) is 0 Å². The van der Waals surface area contributed by atoms with Crippen molar-refractivity contribution in [3.05, 3.63) is 15.6 Å². The van der Waals surface area contributed by atoms with Crippen molar-refractivity contribution in [2.45, 2.75) is 45.1 Å². The fraction of sp³-hybridized carbons (Fsp3) is 0.769. The Morgan fingerprint density at radius 1 is 1.47 bits per heavy atom. The second-order valence-corrected chi connectivity index (χ2v) is 6.31. The standard InChI is InChI=1S/C13H23N3S/c1-9-10(2)17-13(15-9)11(8-14)12-6-4-5-7-16(12)3/h11-12H,4-8,14H2,1-3H3. The summed E-state index contributed by atoms with van der Waals surface area (Å²) in [6.07, 6.45) is 3.91. The van der Waals surface area contributed by atoms with Gasteiger partial charge in [0.15, 0.2) is 0 Å². The summed E-state index contributed by atoms with van der Waals surface area (Å²) in [6, 6.07) is 0.582. The van der Waals surface area contributed by atoms with E-state index < -0.39 is 0 Å². The molecule has 1 saturated heterocycles. The molecular weight excluding hydrogens is 230 g/mol. The van der Waals surface area contributed by atoms with E-state index in [1.807, 2.05) is 11.3 Å². The first kappa shape index (κ1) is 13.0. The van der Waals surface area contributed by atoms with Crippen molar-refractivity contribution < 1.29 is 0 Å². The van der Waals surface area contributed by atoms with Crippen molar-refractivity contribution in [3.8, 4) is 0 Å². The molecule has 0 aromatic carbocycles. The van der Waals surface area contributed by atoms with E-state index in [0.717, 1.165) is 0 Å². The molecule has 3 nitrogen and oxygen atoms in total. The smallest absolute Gasteiger partial charge is 0.0990 e. The van der Waals surface area contributed by atoms with Gasteiger partial charge in [-0.1, -0.05) is 6.42 Å². The molecular formula is C13H23N3S. The summed E-state index contributed by atoms with van der Waals surface area (Å²) in [5.74, 6) is 0.415. The Bertz CT molecular complexity index is 355. The number of piperidine rings is 1. The molecule has 0 bridgehead atoms. The van der Waals surface area contributed by atoms with E-state index in [1.165, 1.54) is 41.4 Å². The van der Waals surface area contributed by atoms with Crippen molar-refractivity contribution in [1.82, 2.24) is 9.88 Å². The maximum atomic E-state index is 6.00. The fourth-order valence-electron chi connectivity index (χ4n) is 2.69. The second kappa shape index (κ2) is 5.46. The first-order chi connectivity index (χ1) is 8.13. The van der Waals surface area contributed by atoms with Gasteiger partial charge in [-0.05, 0) is 40.3 Å². The number of thiazole rings is 1. The molecule has 2 heterocycles. The van der Waals surface area contributed by atoms with Gasteiger partial charge in [-0.3, -0.25) is 0 Å². The van der Waals surface area contributed by atoms with Crippen LogP contribution in [-0.2, 0) is 0 Å². The van der Waals surface area contributed by atoms with Crippen LogP contribution in [-0.4, -0.2) is 36.1 Å². The summed E-state index contributed by atoms with van der Waals surface area (Å²) >= 11 is 1.82. The van der Waals surface area contributed by atoms with Crippen LogP contribution in [0.3, 0.4) is 0 Å². The zero-order chi connectivity index (χ0) is 12.4. The fourth-order valence-corrected chi connectivity index (χ4v) is 3.78. The summed E-state index contributed by atoms with van der Waals surface area (Å²) in [7, 11) is 2.22. The van der Waals surface area contributed by atoms with Gasteiger partial charge in [0.2, 0.25) is 0 Å². The quantitative estimate of drug-likeness (QED) is 0.898. The number of aromatic nitrogens is 1. The predicted molar refractivity (Wildman–Crippen MR) is 73.7 cm³/mol. The maximum absolute atomic E-state index is 6.00. The van der Waals surface area contributed by atoms with E-state index in [0.29, 0.717) is 18.5 Å². The van der Waals surface area contributed by atoms with Gasteiger partial charge in [-0.2, -0.15) is 0 Å². The molecule has 4 heteroatoms. The Balaban J connectivity index is 2.20. The first-order valence-corrected chi connectivity index (χ1v) is 7.29. The highest BCUT2D eigenvalue weighted by atomic mass is 32.1. The molecule has 17 heavy (non-hydrogen) atoms. The van der Waals surface area contributed by atoms with Crippen LogP contribution in [0.1, 0.15) is 40.8 Å². The number of nitrogens with two attached hydrogens (primary N) is 1. The molecule has 1 aliphatic rings. The predicted octanol–water partition coefficient (Wildman–Crippen LogP) is 2.29. The second-order valence-electron chi connectivity index (χ2n) is 5.08. The third-order valence-electron chi connectivity index (χ3n) is 3.91. The van der Waals surface area contributed by atoms with E-state index >= 15 is 0 Å². The van der Waals surface area contributed by atoms with Crippen molar-refractivity contribution in [2.75, 3.05) is 20.1 Å². The van der Waals surface area contributed by atoms with Crippen LogP contribution in [0.25, 0.3) is 0 Å². The lowest BCUT2D eigenvalue weighted by Crippen LogP contribution is -2.42. The van der Waals surface area contributed by atoms with E-state index in [2.05, 4.69) is 25.8 Å². The van der Waals surface area contributed by atoms with Gasteiger partial charge >= 0.3 is 0 Å². The van der Waals surface area contributed by atoms with E-state index in [-0.39, 0.29) is 0 Å². The highest BCUT2D eigenvalue weighted by Crippen LogP contribution is 2.32. The summed E-state index contributed by atoms with van der Waals surface area (Å²) < 4.78 is 0. The third-order valence-corrected chi connectivity index (χ3v) is 5.11. The van der Waals surface area contributed by atoms with Crippen molar-refractivity contribution in [3.63, 3.8) is 0 Å². The molecule has 2 atom stereocenters. The number of hydrogen-bond acceptors (Lipinski definition) is 4. The molecule has 2 rings (SSSR count). The number of likely N-dealkylation sites (N-methyl/N-ethyl adjacent to an activating group) is 1. The monoisotopic (exact) mass is 253 g/mol. The lowest BCUT2D eigenvalue weighted by Gasteiger charge is -2.36. The molecule has 0 radical (unpaired) electrons. The van der Waals surface area contributed by atoms with Gasteiger partial charge in [-0.15, -0.1) is 11.3 Å². The Labute approximate surface area is 108 Å². The molecule has 96 valence electrons. The SMILES string of the molecule is Cc1nc(C(CN)C2CCCCN2C)sc1C. The van der Waals surface area contributed by atoms with Gasteiger partial charge in [0.1, 0.15) is 0 Å². The highest BCUT2D eigenvalue weighted by molar-refractivity contribution is 7.11. The molecule has 1 aromatic heterocycles. The van der Waals surface area contributed by atoms with Crippen LogP contribution in [0.2, 0.25) is 0 Å². The van der Waals surface area contributed by atoms with Crippen molar-refractivity contribution in [1.29, 1.82) is 0 Å². The number of rotatable bonds is 3. The number of nitrogens with zero attached hydrogens (tertiary/aromatic N) is 2. The topological polar surface area (TPSA) is 42.1 Å². The largest absolute Gasteiger partial charge is 0.330 e. The van der Waals surface area contributed by atoms with Crippen LogP contribution in [0.4, 0.5) is 0 Å². The summed E-state index contributed by atoms with van der Waals surface area (Å²) in [4.78, 5) is 8.50. The summed E-state index contributed by atoms with van der Waals surface area (Å²) in [6.45, 7) is 6.15. The number of likely N-dealkylation sites (tertiary alicyclic amines) is 1. The molecule has 2 N–H and O–H groups in total. The van der Waals surface area contributed by atoms with Crippen LogP contribution in [0, 0.1) is 13.8 Å². The zero-order valence-electron chi connectivity index (χ0n) is 11.1. The van der Waals surface area contributed by atoms with Gasteiger partial charge in [0.05, 0.1) is 10.7 Å². The minimum atomic E-state index is 0.415. The Morgan fingerprint density at radius 3 is 2.76 bits per heavy atom. The molecule has 1 aliphatic heterocycles. The first-order valence-electron chi connectivity index (χ1n) is 6.47. The summed E-state index contributed by atoms with van der Waals surface area (Å²) in [5, 5.41) is 1.24. The normalized spacial score (nSPS) is 23.9. The molecule has 0 amide bonds. The van der Waals surface area contributed by atoms with E-state index in [4.69, 9.17) is 10.7 Å². The van der Waals surface area contributed by atoms with Crippen LogP contribution >= 0.6 is 11.3 Å². The molecule has 0 aliphatic carbocycles. The van der Waals surface area contributed by atoms with Gasteiger partial charge in [0, 0.05) is 23.4 Å². The Hall–Kier alpha value is -0.450. The van der Waals surface area contributed by atoms with Gasteiger partial charge < -0.3 is 10.6 Å². The number of aryl methyl sites for hydroxylation is 2. The summed E-state index contributed by atoms with van der Waals surface area (Å²) in [5.41, 5.74) is 7.17. The minimum Gasteiger partial charge on any atom is -0.330 e. The molecule has 1 fully saturated rings. The zero-order valence-corrected chi connectivity index (χ0v) is 11.9. The van der Waals surface area contributed by atoms with Crippen LogP contribution < -0.4 is 5.73 Å². The maximum Gasteiger partial charge on any atom is 0.0990 e. The van der Waals surface area contributed by atoms with Crippen molar-refractivity contribution >= 4 is 11.3 Å². The lowest BCUT2D eigenvalue weighted by atomic mass is 9.91. The Morgan fingerprint density at radius 2 is 2.24 bits per heavy atom. The number of hydrogen-bond donors (Lipinski definition) is 1. The minimum absolute atomic E-state index is 0.415. The third kappa shape index (κ3) is 2.69. The van der Waals surface area contributed by atoms with Gasteiger partial charge in [0.25, 0.3) is 0 Å². The van der Waals surface area contributed by atoms with E-state index in [9.17, 15) is 0 Å². The average Bonchev–Trinajstić information content (AvgIpc) is 2.63. The highest BCUT2D eigenvalue weighted by Gasteiger charge is 2.30. The lowest BCUT2D eigenvalue weighted by molar-refractivity contribution is 0.160. The molecule has 0 saturated carbocycles. The van der Waals surface area contributed by atoms with E-state index in [1.54, 1.807) is 0 Å². The van der Waals surface area contributed by atoms with Gasteiger partial charge in [-0.25, -0.2) is 4.98 Å². The Kier molecular flexibility index (Phi) is 4.17. The average molecular weight is 253 g/mol.